The molecule has 7 heteroatoms. The van der Waals surface area contributed by atoms with E-state index in [1.807, 2.05) is 0 Å². The molecule has 1 aliphatic heterocycles. The zero-order valence-corrected chi connectivity index (χ0v) is 11.5. The van der Waals surface area contributed by atoms with E-state index in [0.29, 0.717) is 24.2 Å². The molecule has 20 heavy (non-hydrogen) atoms. The highest BCUT2D eigenvalue weighted by Crippen LogP contribution is 2.27. The second-order valence-corrected chi connectivity index (χ2v) is 5.67. The topological polar surface area (TPSA) is 101 Å². The molecule has 0 aliphatic carbocycles. The van der Waals surface area contributed by atoms with Crippen LogP contribution in [0.2, 0.25) is 0 Å². The van der Waals surface area contributed by atoms with Crippen LogP contribution in [0.3, 0.4) is 0 Å². The molecule has 1 fully saturated rings. The summed E-state index contributed by atoms with van der Waals surface area (Å²) in [6.07, 6.45) is 0.949. The van der Waals surface area contributed by atoms with E-state index in [9.17, 15) is 14.4 Å². The molecule has 0 saturated carbocycles. The van der Waals surface area contributed by atoms with E-state index in [1.54, 1.807) is 24.3 Å². The number of nitrogens with one attached hydrogen (secondary N) is 2. The number of rotatable bonds is 4. The van der Waals surface area contributed by atoms with Gasteiger partial charge in [-0.15, -0.1) is 0 Å². The van der Waals surface area contributed by atoms with Crippen LogP contribution in [0, 0.1) is 0 Å². The van der Waals surface area contributed by atoms with Gasteiger partial charge in [-0.1, -0.05) is 17.8 Å². The van der Waals surface area contributed by atoms with Gasteiger partial charge in [0.25, 0.3) is 0 Å². The normalized spacial score (nSPS) is 17.8. The second-order valence-electron chi connectivity index (χ2n) is 4.41. The Hall–Kier alpha value is -2.02. The minimum absolute atomic E-state index is 0.0226. The molecule has 4 N–H and O–H groups in total. The lowest BCUT2D eigenvalue weighted by Gasteiger charge is -2.10. The van der Waals surface area contributed by atoms with Crippen molar-refractivity contribution in [2.24, 2.45) is 0 Å². The van der Waals surface area contributed by atoms with E-state index in [0.717, 1.165) is 11.8 Å². The van der Waals surface area contributed by atoms with Crippen molar-refractivity contribution in [3.8, 4) is 0 Å². The van der Waals surface area contributed by atoms with Gasteiger partial charge < -0.3 is 16.4 Å². The van der Waals surface area contributed by atoms with Crippen molar-refractivity contribution in [2.45, 2.75) is 18.1 Å². The van der Waals surface area contributed by atoms with Gasteiger partial charge in [0, 0.05) is 17.8 Å². The number of carbonyl (C=O) groups is 3. The molecule has 1 saturated heterocycles. The van der Waals surface area contributed by atoms with Crippen LogP contribution in [0.1, 0.15) is 12.8 Å². The predicted octanol–water partition coefficient (Wildman–Crippen LogP) is 0.746. The van der Waals surface area contributed by atoms with E-state index in [-0.39, 0.29) is 28.7 Å². The summed E-state index contributed by atoms with van der Waals surface area (Å²) in [5, 5.41) is 4.80. The van der Waals surface area contributed by atoms with E-state index in [2.05, 4.69) is 10.6 Å². The van der Waals surface area contributed by atoms with Crippen LogP contribution >= 0.6 is 11.8 Å². The number of nitrogen functional groups attached to an aromatic ring is 1. The van der Waals surface area contributed by atoms with Crippen LogP contribution in [-0.4, -0.2) is 28.7 Å². The second kappa shape index (κ2) is 6.42. The zero-order chi connectivity index (χ0) is 14.5. The summed E-state index contributed by atoms with van der Waals surface area (Å²) < 4.78 is 0. The standard InChI is InChI=1S/C13H15N3O3S/c14-8-2-1-3-9(6-8)16-11(17)7-15-13(19)10-4-5-12(18)20-10/h1-3,6,10H,4-5,7,14H2,(H,15,19)(H,16,17). The Morgan fingerprint density at radius 1 is 1.40 bits per heavy atom. The SMILES string of the molecule is Nc1cccc(NC(=O)CNC(=O)C2CCC(=O)S2)c1. The van der Waals surface area contributed by atoms with Crippen LogP contribution in [0.25, 0.3) is 0 Å². The number of anilines is 2. The smallest absolute Gasteiger partial charge is 0.243 e. The average Bonchev–Trinajstić information content (AvgIpc) is 2.83. The third kappa shape index (κ3) is 3.99. The Morgan fingerprint density at radius 3 is 2.85 bits per heavy atom. The summed E-state index contributed by atoms with van der Waals surface area (Å²) in [5.41, 5.74) is 6.72. The lowest BCUT2D eigenvalue weighted by atomic mass is 10.2. The number of amides is 2. The number of carbonyl (C=O) groups excluding carboxylic acids is 3. The highest BCUT2D eigenvalue weighted by molar-refractivity contribution is 8.15. The van der Waals surface area contributed by atoms with Crippen LogP contribution in [-0.2, 0) is 14.4 Å². The lowest BCUT2D eigenvalue weighted by molar-refractivity contribution is -0.123. The van der Waals surface area contributed by atoms with Gasteiger partial charge in [-0.25, -0.2) is 0 Å². The van der Waals surface area contributed by atoms with Crippen LogP contribution < -0.4 is 16.4 Å². The van der Waals surface area contributed by atoms with E-state index < -0.39 is 0 Å². The Balaban J connectivity index is 1.77. The predicted molar refractivity (Wildman–Crippen MR) is 78.1 cm³/mol. The summed E-state index contributed by atoms with van der Waals surface area (Å²) >= 11 is 1.03. The first-order chi connectivity index (χ1) is 9.54. The highest BCUT2D eigenvalue weighted by atomic mass is 32.2. The van der Waals surface area contributed by atoms with Gasteiger partial charge in [0.15, 0.2) is 5.12 Å². The first kappa shape index (κ1) is 14.4. The molecule has 1 aromatic carbocycles. The largest absolute Gasteiger partial charge is 0.399 e. The molecule has 2 rings (SSSR count). The summed E-state index contributed by atoms with van der Waals surface area (Å²) in [4.78, 5) is 34.4. The van der Waals surface area contributed by atoms with Gasteiger partial charge in [0.05, 0.1) is 11.8 Å². The third-order valence-corrected chi connectivity index (χ3v) is 3.97. The van der Waals surface area contributed by atoms with E-state index in [4.69, 9.17) is 5.73 Å². The van der Waals surface area contributed by atoms with E-state index in [1.165, 1.54) is 0 Å². The van der Waals surface area contributed by atoms with Crippen molar-refractivity contribution in [2.75, 3.05) is 17.6 Å². The molecular formula is C13H15N3O3S. The Bertz CT molecular complexity index is 547. The summed E-state index contributed by atoms with van der Waals surface area (Å²) in [7, 11) is 0. The monoisotopic (exact) mass is 293 g/mol. The summed E-state index contributed by atoms with van der Waals surface area (Å²) in [6, 6.07) is 6.78. The molecule has 6 nitrogen and oxygen atoms in total. The molecule has 1 aromatic rings. The van der Waals surface area contributed by atoms with Crippen molar-refractivity contribution in [3.63, 3.8) is 0 Å². The summed E-state index contributed by atoms with van der Waals surface area (Å²) in [6.45, 7) is -0.126. The molecule has 1 unspecified atom stereocenters. The van der Waals surface area contributed by atoms with Gasteiger partial charge in [-0.05, 0) is 24.6 Å². The van der Waals surface area contributed by atoms with Crippen molar-refractivity contribution in [1.82, 2.24) is 5.32 Å². The molecule has 1 heterocycles. The first-order valence-corrected chi connectivity index (χ1v) is 7.05. The van der Waals surface area contributed by atoms with E-state index >= 15 is 0 Å². The average molecular weight is 293 g/mol. The zero-order valence-electron chi connectivity index (χ0n) is 10.7. The third-order valence-electron chi connectivity index (χ3n) is 2.77. The minimum atomic E-state index is -0.373. The number of nitrogens with two attached hydrogens (primary N) is 1. The Morgan fingerprint density at radius 2 is 2.20 bits per heavy atom. The van der Waals surface area contributed by atoms with Gasteiger partial charge in [-0.2, -0.15) is 0 Å². The Kier molecular flexibility index (Phi) is 4.62. The molecule has 106 valence electrons. The maximum atomic E-state index is 11.7. The fraction of sp³-hybridized carbons (Fsp3) is 0.308. The highest BCUT2D eigenvalue weighted by Gasteiger charge is 2.29. The summed E-state index contributed by atoms with van der Waals surface area (Å²) in [5.74, 6) is -0.609. The van der Waals surface area contributed by atoms with Gasteiger partial charge in [-0.3, -0.25) is 14.4 Å². The van der Waals surface area contributed by atoms with Crippen molar-refractivity contribution in [3.05, 3.63) is 24.3 Å². The van der Waals surface area contributed by atoms with Crippen molar-refractivity contribution in [1.29, 1.82) is 0 Å². The number of thioether (sulfide) groups is 1. The molecular weight excluding hydrogens is 278 g/mol. The van der Waals surface area contributed by atoms with Crippen LogP contribution in [0.4, 0.5) is 11.4 Å². The number of benzene rings is 1. The molecule has 1 atom stereocenters. The maximum Gasteiger partial charge on any atom is 0.243 e. The van der Waals surface area contributed by atoms with Crippen molar-refractivity contribution < 1.29 is 14.4 Å². The molecule has 0 aromatic heterocycles. The maximum absolute atomic E-state index is 11.7. The van der Waals surface area contributed by atoms with Gasteiger partial charge in [0.2, 0.25) is 11.8 Å². The van der Waals surface area contributed by atoms with Gasteiger partial charge in [0.1, 0.15) is 0 Å². The molecule has 2 amide bonds. The quantitative estimate of drug-likeness (QED) is 0.711. The molecule has 0 bridgehead atoms. The van der Waals surface area contributed by atoms with Crippen molar-refractivity contribution >= 4 is 40.1 Å². The van der Waals surface area contributed by atoms with Crippen LogP contribution in [0.5, 0.6) is 0 Å². The Labute approximate surface area is 120 Å². The van der Waals surface area contributed by atoms with Gasteiger partial charge >= 0.3 is 0 Å². The fourth-order valence-corrected chi connectivity index (χ4v) is 2.79. The lowest BCUT2D eigenvalue weighted by Crippen LogP contribution is -2.37. The minimum Gasteiger partial charge on any atom is -0.399 e. The number of hydrogen-bond acceptors (Lipinski definition) is 5. The molecule has 1 aliphatic rings. The molecule has 0 radical (unpaired) electrons. The molecule has 0 spiro atoms. The fourth-order valence-electron chi connectivity index (χ4n) is 1.81. The first-order valence-electron chi connectivity index (χ1n) is 6.17. The van der Waals surface area contributed by atoms with Crippen LogP contribution in [0.15, 0.2) is 24.3 Å². The number of hydrogen-bond donors (Lipinski definition) is 3.